The van der Waals surface area contributed by atoms with E-state index in [-0.39, 0.29) is 0 Å². The molecule has 5 nitrogen and oxygen atoms in total. The molecule has 3 aliphatic rings. The molecular weight excluding hydrogens is 406 g/mol. The minimum absolute atomic E-state index is 0.363. The Labute approximate surface area is 197 Å². The van der Waals surface area contributed by atoms with Crippen LogP contribution in [-0.2, 0) is 0 Å². The van der Waals surface area contributed by atoms with Gasteiger partial charge in [-0.05, 0) is 86.5 Å². The van der Waals surface area contributed by atoms with Gasteiger partial charge in [0.2, 0.25) is 0 Å². The Morgan fingerprint density at radius 3 is 2.76 bits per heavy atom. The summed E-state index contributed by atoms with van der Waals surface area (Å²) < 4.78 is 0. The van der Waals surface area contributed by atoms with Crippen LogP contribution in [0.25, 0.3) is 10.9 Å². The van der Waals surface area contributed by atoms with Gasteiger partial charge in [0.15, 0.2) is 0 Å². The number of hydrogen-bond acceptors (Lipinski definition) is 4. The van der Waals surface area contributed by atoms with Gasteiger partial charge in [0.1, 0.15) is 11.9 Å². The lowest BCUT2D eigenvalue weighted by molar-refractivity contribution is -0.277. The zero-order valence-electron chi connectivity index (χ0n) is 19.9. The van der Waals surface area contributed by atoms with Crippen LogP contribution in [0.4, 0.5) is 0 Å². The molecule has 1 aliphatic carbocycles. The number of aromatic nitrogens is 1. The van der Waals surface area contributed by atoms with E-state index in [1.165, 1.54) is 48.0 Å². The Hall–Kier alpha value is -2.73. The lowest BCUT2D eigenvalue weighted by Crippen LogP contribution is -2.49. The fourth-order valence-corrected chi connectivity index (χ4v) is 5.74. The molecule has 3 heterocycles. The lowest BCUT2D eigenvalue weighted by Gasteiger charge is -2.38. The average molecular weight is 443 g/mol. The van der Waals surface area contributed by atoms with E-state index in [0.29, 0.717) is 12.0 Å². The van der Waals surface area contributed by atoms with Gasteiger partial charge in [0, 0.05) is 24.7 Å². The molecule has 0 bridgehead atoms. The summed E-state index contributed by atoms with van der Waals surface area (Å²) in [6, 6.07) is 11.4. The van der Waals surface area contributed by atoms with Crippen molar-refractivity contribution in [3.8, 4) is 0 Å². The number of quaternary nitrogens is 1. The van der Waals surface area contributed by atoms with Gasteiger partial charge in [-0.2, -0.15) is 0 Å². The molecule has 1 unspecified atom stereocenters. The zero-order valence-corrected chi connectivity index (χ0v) is 19.9. The van der Waals surface area contributed by atoms with E-state index in [1.54, 1.807) is 0 Å². The number of benzene rings is 1. The molecule has 33 heavy (non-hydrogen) atoms. The number of hydrogen-bond donors (Lipinski definition) is 2. The predicted octanol–water partition coefficient (Wildman–Crippen LogP) is 3.83. The van der Waals surface area contributed by atoms with Crippen LogP contribution in [0.5, 0.6) is 0 Å². The normalized spacial score (nSPS) is 23.1. The van der Waals surface area contributed by atoms with Crippen LogP contribution in [0.15, 0.2) is 77.7 Å². The molecule has 1 atom stereocenters. The number of rotatable bonds is 5. The van der Waals surface area contributed by atoms with Crippen molar-refractivity contribution >= 4 is 10.9 Å². The van der Waals surface area contributed by atoms with Gasteiger partial charge in [0.25, 0.3) is 0 Å². The molecule has 172 valence electrons. The topological polar surface area (TPSA) is 59.0 Å². The second-order valence-corrected chi connectivity index (χ2v) is 9.42. The van der Waals surface area contributed by atoms with E-state index in [0.717, 1.165) is 36.3 Å². The van der Waals surface area contributed by atoms with Gasteiger partial charge >= 0.3 is 0 Å². The second-order valence-electron chi connectivity index (χ2n) is 9.42. The van der Waals surface area contributed by atoms with Crippen LogP contribution in [0.3, 0.4) is 0 Å². The summed E-state index contributed by atoms with van der Waals surface area (Å²) in [5.41, 5.74) is 15.1. The fourth-order valence-electron chi connectivity index (χ4n) is 5.74. The van der Waals surface area contributed by atoms with Crippen molar-refractivity contribution < 1.29 is 5.73 Å². The summed E-state index contributed by atoms with van der Waals surface area (Å²) >= 11 is 0. The molecular formula is C28H36N5+. The monoisotopic (exact) mass is 442 g/mol. The van der Waals surface area contributed by atoms with Crippen LogP contribution in [0.1, 0.15) is 42.9 Å². The summed E-state index contributed by atoms with van der Waals surface area (Å²) in [5, 5.41) is 3.58. The van der Waals surface area contributed by atoms with Gasteiger partial charge < -0.3 is 10.6 Å². The lowest BCUT2D eigenvalue weighted by atomic mass is 9.86. The number of fused-ring (bicyclic) bond motifs is 2. The number of nitrogens with one attached hydrogen (secondary N) is 1. The van der Waals surface area contributed by atoms with Crippen molar-refractivity contribution in [1.82, 2.24) is 20.3 Å². The number of pyridine rings is 1. The Kier molecular flexibility index (Phi) is 6.45. The highest BCUT2D eigenvalue weighted by Gasteiger charge is 2.29. The Balaban J connectivity index is 1.24. The standard InChI is InChI=1S/C28H35N5/c1-20-9-11-26-24(6-4-7-27(26)31-20)22-14-17-32(18-15-22)16-13-21-5-3-8-28-25(21)12-10-23(19-29)33(28)30-2/h3-7,9-12,19,22,28,30H,8,13-18,29H2,1-2H3/p+1. The largest absolute Gasteiger partial charge is 0.330 e. The van der Waals surface area contributed by atoms with E-state index >= 15 is 0 Å². The third-order valence-corrected chi connectivity index (χ3v) is 7.51. The van der Waals surface area contributed by atoms with Crippen molar-refractivity contribution in [3.63, 3.8) is 0 Å². The maximum absolute atomic E-state index is 4.74. The Morgan fingerprint density at radius 2 is 1.97 bits per heavy atom. The zero-order chi connectivity index (χ0) is 22.8. The molecule has 5 heteroatoms. The first-order chi connectivity index (χ1) is 16.2. The minimum atomic E-state index is 0.363. The number of piperidine rings is 1. The summed E-state index contributed by atoms with van der Waals surface area (Å²) in [5.74, 6) is 0.633. The molecule has 5 rings (SSSR count). The number of hydrazine groups is 1. The van der Waals surface area contributed by atoms with Crippen molar-refractivity contribution in [3.05, 3.63) is 88.9 Å². The van der Waals surface area contributed by atoms with Crippen LogP contribution in [0.2, 0.25) is 0 Å². The molecule has 2 aromatic rings. The molecule has 2 aliphatic heterocycles. The first kappa shape index (κ1) is 22.1. The quantitative estimate of drug-likeness (QED) is 0.739. The number of allylic oxidation sites excluding steroid dienone is 2. The second kappa shape index (κ2) is 9.64. The summed E-state index contributed by atoms with van der Waals surface area (Å²) in [4.78, 5) is 7.39. The molecule has 4 N–H and O–H groups in total. The first-order valence-corrected chi connectivity index (χ1v) is 12.3. The molecule has 1 aromatic carbocycles. The highest BCUT2D eigenvalue weighted by atomic mass is 15.5. The Bertz CT molecular complexity index is 1130. The maximum Gasteiger partial charge on any atom is 0.116 e. The summed E-state index contributed by atoms with van der Waals surface area (Å²) in [6.45, 7) is 5.54. The van der Waals surface area contributed by atoms with Crippen molar-refractivity contribution in [1.29, 1.82) is 0 Å². The third-order valence-electron chi connectivity index (χ3n) is 7.51. The van der Waals surface area contributed by atoms with Gasteiger partial charge in [-0.3, -0.25) is 9.99 Å². The molecule has 0 saturated carbocycles. The number of likely N-dealkylation sites (tertiary alicyclic amines) is 1. The van der Waals surface area contributed by atoms with Gasteiger partial charge in [-0.15, -0.1) is 0 Å². The van der Waals surface area contributed by atoms with Crippen molar-refractivity contribution in [2.45, 2.75) is 44.6 Å². The molecule has 0 amide bonds. The molecule has 0 spiro atoms. The van der Waals surface area contributed by atoms with Crippen LogP contribution in [0, 0.1) is 6.92 Å². The van der Waals surface area contributed by atoms with Crippen LogP contribution >= 0.6 is 0 Å². The third kappa shape index (κ3) is 4.41. The van der Waals surface area contributed by atoms with E-state index < -0.39 is 0 Å². The van der Waals surface area contributed by atoms with E-state index in [2.05, 4.69) is 82.6 Å². The molecule has 1 fully saturated rings. The minimum Gasteiger partial charge on any atom is -0.330 e. The Morgan fingerprint density at radius 1 is 1.12 bits per heavy atom. The first-order valence-electron chi connectivity index (χ1n) is 12.3. The highest BCUT2D eigenvalue weighted by Crippen LogP contribution is 2.34. The van der Waals surface area contributed by atoms with E-state index in [9.17, 15) is 0 Å². The smallest absolute Gasteiger partial charge is 0.116 e. The van der Waals surface area contributed by atoms with Gasteiger partial charge in [0.05, 0.1) is 11.6 Å². The molecule has 1 aromatic heterocycles. The maximum atomic E-state index is 4.74. The summed E-state index contributed by atoms with van der Waals surface area (Å²) in [7, 11) is 2.00. The number of nitrogens with zero attached hydrogens (tertiary/aromatic N) is 3. The van der Waals surface area contributed by atoms with E-state index in [4.69, 9.17) is 4.98 Å². The van der Waals surface area contributed by atoms with Crippen LogP contribution < -0.4 is 11.2 Å². The molecule has 1 saturated heterocycles. The van der Waals surface area contributed by atoms with Crippen LogP contribution in [-0.4, -0.2) is 47.6 Å². The predicted molar refractivity (Wildman–Crippen MR) is 135 cm³/mol. The van der Waals surface area contributed by atoms with Gasteiger partial charge in [-0.25, -0.2) is 5.43 Å². The summed E-state index contributed by atoms with van der Waals surface area (Å²) in [6.07, 6.45) is 15.7. The number of aryl methyl sites for hydroxylation is 1. The van der Waals surface area contributed by atoms with Gasteiger partial charge in [-0.1, -0.05) is 36.4 Å². The SMILES string of the molecule is CNN1C(=C[NH3+])C=CC2=C(CCN3CCC(c4cccc5nc(C)ccc45)CC3)C=CCC21. The molecule has 0 radical (unpaired) electrons. The highest BCUT2D eigenvalue weighted by molar-refractivity contribution is 5.83. The average Bonchev–Trinajstić information content (AvgIpc) is 2.86. The van der Waals surface area contributed by atoms with Crippen molar-refractivity contribution in [2.75, 3.05) is 26.7 Å². The van der Waals surface area contributed by atoms with E-state index in [1.807, 2.05) is 13.2 Å². The fraction of sp³-hybridized carbons (Fsp3) is 0.393. The van der Waals surface area contributed by atoms with Crippen molar-refractivity contribution in [2.24, 2.45) is 0 Å².